The van der Waals surface area contributed by atoms with Gasteiger partial charge in [-0.1, -0.05) is 79.7 Å². The van der Waals surface area contributed by atoms with Crippen molar-refractivity contribution in [3.8, 4) is 17.2 Å². The highest BCUT2D eigenvalue weighted by atomic mass is 14.2. The van der Waals surface area contributed by atoms with Gasteiger partial charge in [0.2, 0.25) is 0 Å². The number of aryl methyl sites for hydroxylation is 1. The molecule has 0 unspecified atom stereocenters. The molecule has 0 fully saturated rings. The molecule has 0 heterocycles. The summed E-state index contributed by atoms with van der Waals surface area (Å²) in [6.07, 6.45) is 5.41. The number of rotatable bonds is 5. The predicted molar refractivity (Wildman–Crippen MR) is 120 cm³/mol. The molecule has 0 spiro atoms. The lowest BCUT2D eigenvalue weighted by atomic mass is 9.93. The van der Waals surface area contributed by atoms with Crippen LogP contribution in [0.25, 0.3) is 22.3 Å². The Morgan fingerprint density at radius 1 is 0.929 bits per heavy atom. The van der Waals surface area contributed by atoms with E-state index in [1.165, 1.54) is 22.3 Å². The van der Waals surface area contributed by atoms with E-state index in [0.29, 0.717) is 5.56 Å². The minimum Gasteiger partial charge on any atom is -0.192 e. The summed E-state index contributed by atoms with van der Waals surface area (Å²) in [5, 5.41) is 9.52. The summed E-state index contributed by atoms with van der Waals surface area (Å²) in [4.78, 5) is 0. The van der Waals surface area contributed by atoms with E-state index in [2.05, 4.69) is 69.3 Å². The van der Waals surface area contributed by atoms with Crippen molar-refractivity contribution in [2.45, 2.75) is 27.2 Å². The normalized spacial score (nSPS) is 11.9. The third-order valence-electron chi connectivity index (χ3n) is 5.03. The van der Waals surface area contributed by atoms with Crippen LogP contribution in [0.4, 0.5) is 0 Å². The van der Waals surface area contributed by atoms with Crippen LogP contribution in [-0.4, -0.2) is 0 Å². The monoisotopic (exact) mass is 363 g/mol. The van der Waals surface area contributed by atoms with E-state index in [1.54, 1.807) is 0 Å². The van der Waals surface area contributed by atoms with E-state index in [0.717, 1.165) is 23.1 Å². The zero-order valence-corrected chi connectivity index (χ0v) is 16.7. The van der Waals surface area contributed by atoms with E-state index in [-0.39, 0.29) is 0 Å². The molecule has 1 nitrogen and oxygen atoms in total. The van der Waals surface area contributed by atoms with Gasteiger partial charge in [-0.05, 0) is 65.8 Å². The second-order valence-corrected chi connectivity index (χ2v) is 6.86. The fraction of sp³-hybridized carbons (Fsp3) is 0.148. The molecule has 3 aromatic carbocycles. The Kier molecular flexibility index (Phi) is 6.25. The predicted octanol–water partition coefficient (Wildman–Crippen LogP) is 7.29. The van der Waals surface area contributed by atoms with E-state index in [9.17, 15) is 5.26 Å². The molecule has 0 aliphatic heterocycles. The molecule has 0 aromatic heterocycles. The van der Waals surface area contributed by atoms with Gasteiger partial charge in [0, 0.05) is 5.56 Å². The molecule has 0 aliphatic carbocycles. The fourth-order valence-corrected chi connectivity index (χ4v) is 3.36. The molecule has 0 aliphatic rings. The van der Waals surface area contributed by atoms with Gasteiger partial charge in [0.05, 0.1) is 11.6 Å². The third-order valence-corrected chi connectivity index (χ3v) is 5.03. The fourth-order valence-electron chi connectivity index (χ4n) is 3.36. The molecule has 0 amide bonds. The Hall–Kier alpha value is -3.37. The van der Waals surface area contributed by atoms with Crippen molar-refractivity contribution < 1.29 is 0 Å². The Labute approximate surface area is 168 Å². The van der Waals surface area contributed by atoms with Gasteiger partial charge in [0.15, 0.2) is 0 Å². The van der Waals surface area contributed by atoms with Crippen molar-refractivity contribution in [2.75, 3.05) is 0 Å². The molecule has 0 saturated carbocycles. The summed E-state index contributed by atoms with van der Waals surface area (Å²) < 4.78 is 0. The van der Waals surface area contributed by atoms with Gasteiger partial charge in [0.1, 0.15) is 0 Å². The van der Waals surface area contributed by atoms with Gasteiger partial charge in [-0.3, -0.25) is 0 Å². The molecular formula is C27H25N. The van der Waals surface area contributed by atoms with Crippen molar-refractivity contribution in [1.29, 1.82) is 5.26 Å². The SMILES string of the molecule is C/C=C(\C=C(/C)c1ccc(C#N)c(-c2ccccc2)c1)c1cccc(CC)c1. The number of allylic oxidation sites excluding steroid dienone is 4. The second-order valence-electron chi connectivity index (χ2n) is 6.86. The maximum Gasteiger partial charge on any atom is 0.0998 e. The first-order chi connectivity index (χ1) is 13.7. The van der Waals surface area contributed by atoms with Crippen LogP contribution in [0, 0.1) is 11.3 Å². The average Bonchev–Trinajstić information content (AvgIpc) is 2.77. The molecule has 3 aromatic rings. The smallest absolute Gasteiger partial charge is 0.0998 e. The first kappa shape index (κ1) is 19.4. The van der Waals surface area contributed by atoms with Gasteiger partial charge < -0.3 is 0 Å². The molecule has 138 valence electrons. The highest BCUT2D eigenvalue weighted by Crippen LogP contribution is 2.29. The standard InChI is InChI=1S/C27H25N/c1-4-21-10-9-13-25(17-21)22(5-2)16-20(3)24-14-15-26(19-28)27(18-24)23-11-7-6-8-12-23/h5-18H,4H2,1-3H3/b20-16+,22-5+. The van der Waals surface area contributed by atoms with Gasteiger partial charge in [-0.2, -0.15) is 5.26 Å². The van der Waals surface area contributed by atoms with Gasteiger partial charge in [-0.25, -0.2) is 0 Å². The van der Waals surface area contributed by atoms with E-state index in [1.807, 2.05) is 42.5 Å². The quantitative estimate of drug-likeness (QED) is 0.436. The number of benzene rings is 3. The first-order valence-electron chi connectivity index (χ1n) is 9.70. The van der Waals surface area contributed by atoms with Crippen LogP contribution in [-0.2, 0) is 6.42 Å². The first-order valence-corrected chi connectivity index (χ1v) is 9.70. The van der Waals surface area contributed by atoms with Crippen molar-refractivity contribution >= 4 is 11.1 Å². The van der Waals surface area contributed by atoms with Crippen LogP contribution in [0.2, 0.25) is 0 Å². The molecular weight excluding hydrogens is 338 g/mol. The highest BCUT2D eigenvalue weighted by molar-refractivity contribution is 5.85. The summed E-state index contributed by atoms with van der Waals surface area (Å²) in [6, 6.07) is 27.2. The third kappa shape index (κ3) is 4.30. The van der Waals surface area contributed by atoms with Crippen molar-refractivity contribution in [1.82, 2.24) is 0 Å². The van der Waals surface area contributed by atoms with Crippen LogP contribution < -0.4 is 0 Å². The number of nitrogens with zero attached hydrogens (tertiary/aromatic N) is 1. The molecule has 0 saturated heterocycles. The Bertz CT molecular complexity index is 1060. The van der Waals surface area contributed by atoms with Crippen molar-refractivity contribution in [3.05, 3.63) is 107 Å². The number of hydrogen-bond acceptors (Lipinski definition) is 1. The zero-order valence-electron chi connectivity index (χ0n) is 16.7. The lowest BCUT2D eigenvalue weighted by molar-refractivity contribution is 1.14. The van der Waals surface area contributed by atoms with Crippen LogP contribution in [0.1, 0.15) is 43.0 Å². The largest absolute Gasteiger partial charge is 0.192 e. The Morgan fingerprint density at radius 3 is 2.39 bits per heavy atom. The van der Waals surface area contributed by atoms with Gasteiger partial charge in [0.25, 0.3) is 0 Å². The molecule has 0 bridgehead atoms. The molecule has 0 radical (unpaired) electrons. The maximum absolute atomic E-state index is 9.52. The summed E-state index contributed by atoms with van der Waals surface area (Å²) >= 11 is 0. The number of nitriles is 1. The highest BCUT2D eigenvalue weighted by Gasteiger charge is 2.08. The van der Waals surface area contributed by atoms with Crippen molar-refractivity contribution in [2.24, 2.45) is 0 Å². The Morgan fingerprint density at radius 2 is 1.71 bits per heavy atom. The van der Waals surface area contributed by atoms with Crippen LogP contribution in [0.15, 0.2) is 84.9 Å². The van der Waals surface area contributed by atoms with Crippen molar-refractivity contribution in [3.63, 3.8) is 0 Å². The minimum atomic E-state index is 0.699. The molecule has 3 rings (SSSR count). The molecule has 1 heteroatoms. The number of hydrogen-bond donors (Lipinski definition) is 0. The summed E-state index contributed by atoms with van der Waals surface area (Å²) in [6.45, 7) is 6.38. The van der Waals surface area contributed by atoms with Crippen LogP contribution >= 0.6 is 0 Å². The average molecular weight is 364 g/mol. The van der Waals surface area contributed by atoms with Gasteiger partial charge in [-0.15, -0.1) is 0 Å². The summed E-state index contributed by atoms with van der Waals surface area (Å²) in [7, 11) is 0. The second kappa shape index (κ2) is 9.02. The van der Waals surface area contributed by atoms with E-state index in [4.69, 9.17) is 0 Å². The van der Waals surface area contributed by atoms with E-state index < -0.39 is 0 Å². The van der Waals surface area contributed by atoms with E-state index >= 15 is 0 Å². The minimum absolute atomic E-state index is 0.699. The molecule has 0 N–H and O–H groups in total. The molecule has 28 heavy (non-hydrogen) atoms. The Balaban J connectivity index is 2.01. The topological polar surface area (TPSA) is 23.8 Å². The lowest BCUT2D eigenvalue weighted by Gasteiger charge is -2.10. The van der Waals surface area contributed by atoms with Gasteiger partial charge >= 0.3 is 0 Å². The maximum atomic E-state index is 9.52. The lowest BCUT2D eigenvalue weighted by Crippen LogP contribution is -1.90. The van der Waals surface area contributed by atoms with Crippen LogP contribution in [0.3, 0.4) is 0 Å². The molecule has 0 atom stereocenters. The zero-order chi connectivity index (χ0) is 19.9. The summed E-state index contributed by atoms with van der Waals surface area (Å²) in [5.41, 5.74) is 8.83. The summed E-state index contributed by atoms with van der Waals surface area (Å²) in [5.74, 6) is 0. The van der Waals surface area contributed by atoms with Crippen LogP contribution in [0.5, 0.6) is 0 Å².